The van der Waals surface area contributed by atoms with E-state index in [-0.39, 0.29) is 45.8 Å². The zero-order valence-corrected chi connectivity index (χ0v) is 29.2. The molecule has 0 saturated heterocycles. The van der Waals surface area contributed by atoms with Crippen LogP contribution < -0.4 is 11.1 Å². The van der Waals surface area contributed by atoms with Crippen LogP contribution in [-0.4, -0.2) is 75.8 Å². The lowest BCUT2D eigenvalue weighted by Crippen LogP contribution is -2.21. The van der Waals surface area contributed by atoms with E-state index in [1.165, 1.54) is 66.2 Å². The largest absolute Gasteiger partial charge is 0.490 e. The quantitative estimate of drug-likeness (QED) is 0.0388. The third kappa shape index (κ3) is 9.94. The van der Waals surface area contributed by atoms with Gasteiger partial charge in [0.1, 0.15) is 17.2 Å². The zero-order chi connectivity index (χ0) is 36.0. The topological polar surface area (TPSA) is 206 Å². The summed E-state index contributed by atoms with van der Waals surface area (Å²) in [7, 11) is -4.01. The van der Waals surface area contributed by atoms with Crippen LogP contribution in [0.5, 0.6) is 0 Å². The van der Waals surface area contributed by atoms with E-state index in [2.05, 4.69) is 26.2 Å². The van der Waals surface area contributed by atoms with Gasteiger partial charge in [-0.05, 0) is 58.6 Å². The number of hydrogen-bond donors (Lipinski definition) is 5. The first-order valence-electron chi connectivity index (χ1n) is 12.9. The van der Waals surface area contributed by atoms with E-state index in [0.717, 1.165) is 11.3 Å². The molecule has 12 nitrogen and oxygen atoms in total. The minimum atomic E-state index is -5.08. The van der Waals surface area contributed by atoms with Crippen LogP contribution in [0.2, 0.25) is 0 Å². The Morgan fingerprint density at radius 2 is 1.83 bits per heavy atom. The average Bonchev–Trinajstić information content (AvgIpc) is 3.62. The summed E-state index contributed by atoms with van der Waals surface area (Å²) in [5.74, 6) is -4.46. The lowest BCUT2D eigenvalue weighted by atomic mass is 10.1. The number of sulfone groups is 1. The summed E-state index contributed by atoms with van der Waals surface area (Å²) in [5, 5.41) is 26.2. The smallest absolute Gasteiger partial charge is 0.481 e. The number of amidine groups is 1. The molecule has 4 aromatic rings. The molecule has 0 fully saturated rings. The third-order valence-corrected chi connectivity index (χ3v) is 11.9. The van der Waals surface area contributed by atoms with Crippen LogP contribution in [0, 0.1) is 11.2 Å². The van der Waals surface area contributed by atoms with Crippen LogP contribution >= 0.6 is 50.8 Å². The maximum atomic E-state index is 14.8. The summed E-state index contributed by atoms with van der Waals surface area (Å²) >= 11 is 6.96. The van der Waals surface area contributed by atoms with Crippen LogP contribution in [0.1, 0.15) is 16.9 Å². The molecule has 4 rings (SSSR count). The minimum absolute atomic E-state index is 0.00164. The van der Waals surface area contributed by atoms with Gasteiger partial charge in [0.05, 0.1) is 49.4 Å². The monoisotopic (exact) mass is 813 g/mol. The summed E-state index contributed by atoms with van der Waals surface area (Å²) in [6.07, 6.45) is -1.92. The number of aromatic nitrogens is 2. The molecule has 0 aliphatic rings. The molecule has 1 amide bonds. The molecule has 0 bridgehead atoms. The number of carboxylic acids is 2. The molecule has 0 radical (unpaired) electrons. The first-order chi connectivity index (χ1) is 22.3. The molecule has 2 heterocycles. The molecule has 0 unspecified atom stereocenters. The summed E-state index contributed by atoms with van der Waals surface area (Å²) in [4.78, 5) is 36.5. The molecule has 2 aromatic heterocycles. The number of aliphatic carboxylic acids is 2. The van der Waals surface area contributed by atoms with Gasteiger partial charge in [0.2, 0.25) is 15.7 Å². The number of thiophene rings is 1. The van der Waals surface area contributed by atoms with Gasteiger partial charge in [-0.15, -0.1) is 23.1 Å². The lowest BCUT2D eigenvalue weighted by Gasteiger charge is -2.11. The Balaban J connectivity index is 0.000000804. The first-order valence-corrected chi connectivity index (χ1v) is 18.4. The molecule has 0 saturated carbocycles. The van der Waals surface area contributed by atoms with E-state index >= 15 is 0 Å². The second kappa shape index (κ2) is 16.2. The second-order valence-corrected chi connectivity index (χ2v) is 15.4. The van der Waals surface area contributed by atoms with Crippen LogP contribution in [0.15, 0.2) is 61.2 Å². The summed E-state index contributed by atoms with van der Waals surface area (Å²) in [6, 6.07) is 8.44. The highest BCUT2D eigenvalue weighted by Gasteiger charge is 2.38. The number of thioether (sulfide) groups is 2. The predicted molar refractivity (Wildman–Crippen MR) is 177 cm³/mol. The van der Waals surface area contributed by atoms with E-state index in [4.69, 9.17) is 26.2 Å². The summed E-state index contributed by atoms with van der Waals surface area (Å²) in [6.45, 7) is -0.00164. The lowest BCUT2D eigenvalue weighted by molar-refractivity contribution is -0.192. The SMILES string of the molecule is CSc1sc(C(=N)N)cc1S(=O)(=O)c1cc(Br)c2ncn(Cc3cc(NC(=O)CSCCC(=O)O)ccc3F)c2c1.O=C(O)C(F)(F)F. The van der Waals surface area contributed by atoms with Crippen molar-refractivity contribution in [2.75, 3.05) is 23.1 Å². The van der Waals surface area contributed by atoms with Gasteiger partial charge in [0.15, 0.2) is 0 Å². The normalized spacial score (nSPS) is 11.5. The molecule has 0 atom stereocenters. The molecule has 6 N–H and O–H groups in total. The van der Waals surface area contributed by atoms with Crippen molar-refractivity contribution in [3.63, 3.8) is 0 Å². The van der Waals surface area contributed by atoms with Crippen molar-refractivity contribution < 1.29 is 50.6 Å². The van der Waals surface area contributed by atoms with Crippen molar-refractivity contribution in [1.29, 1.82) is 5.41 Å². The fourth-order valence-corrected chi connectivity index (χ4v) is 9.13. The van der Waals surface area contributed by atoms with Crippen molar-refractivity contribution in [3.05, 3.63) is 63.5 Å². The number of fused-ring (bicyclic) bond motifs is 1. The Labute approximate surface area is 290 Å². The maximum Gasteiger partial charge on any atom is 0.490 e. The number of rotatable bonds is 12. The van der Waals surface area contributed by atoms with Crippen molar-refractivity contribution in [3.8, 4) is 0 Å². The van der Waals surface area contributed by atoms with Gasteiger partial charge < -0.3 is 25.8 Å². The van der Waals surface area contributed by atoms with E-state index in [0.29, 0.717) is 36.0 Å². The summed E-state index contributed by atoms with van der Waals surface area (Å²) in [5.41, 5.74) is 7.11. The molecule has 258 valence electrons. The number of alkyl halides is 3. The Morgan fingerprint density at radius 3 is 2.42 bits per heavy atom. The van der Waals surface area contributed by atoms with Crippen LogP contribution in [0.4, 0.5) is 23.2 Å². The van der Waals surface area contributed by atoms with Gasteiger partial charge in [-0.25, -0.2) is 22.6 Å². The molecule has 48 heavy (non-hydrogen) atoms. The van der Waals surface area contributed by atoms with Gasteiger partial charge >= 0.3 is 18.1 Å². The minimum Gasteiger partial charge on any atom is -0.481 e. The number of nitrogens with zero attached hydrogens (tertiary/aromatic N) is 2. The van der Waals surface area contributed by atoms with E-state index < -0.39 is 33.8 Å². The molecule has 2 aromatic carbocycles. The van der Waals surface area contributed by atoms with Gasteiger partial charge in [-0.2, -0.15) is 24.9 Å². The van der Waals surface area contributed by atoms with Gasteiger partial charge in [0, 0.05) is 21.5 Å². The van der Waals surface area contributed by atoms with Crippen LogP contribution in [-0.2, 0) is 30.8 Å². The van der Waals surface area contributed by atoms with E-state index in [9.17, 15) is 35.6 Å². The number of halogens is 5. The second-order valence-electron chi connectivity index (χ2n) is 9.38. The van der Waals surface area contributed by atoms with Crippen molar-refractivity contribution in [1.82, 2.24) is 9.55 Å². The molecule has 0 spiro atoms. The number of nitrogens with two attached hydrogens (primary N) is 1. The zero-order valence-electron chi connectivity index (χ0n) is 24.3. The number of amides is 1. The molecule has 0 aliphatic carbocycles. The molecule has 0 aliphatic heterocycles. The average molecular weight is 815 g/mol. The number of imidazole rings is 1. The number of carbonyl (C=O) groups is 3. The van der Waals surface area contributed by atoms with Gasteiger partial charge in [-0.1, -0.05) is 0 Å². The number of nitrogens with one attached hydrogen (secondary N) is 2. The Morgan fingerprint density at radius 1 is 1.17 bits per heavy atom. The third-order valence-electron chi connectivity index (χ3n) is 5.98. The Hall–Kier alpha value is -3.66. The van der Waals surface area contributed by atoms with E-state index in [1.807, 2.05) is 0 Å². The van der Waals surface area contributed by atoms with Crippen LogP contribution in [0.3, 0.4) is 0 Å². The fourth-order valence-electron chi connectivity index (χ4n) is 3.80. The highest BCUT2D eigenvalue weighted by atomic mass is 79.9. The Kier molecular flexibility index (Phi) is 13.1. The number of carboxylic acid groups (broad SMARTS) is 2. The fraction of sp³-hybridized carbons (Fsp3) is 0.222. The molecule has 21 heteroatoms. The number of benzene rings is 2. The maximum absolute atomic E-state index is 14.8. The van der Waals surface area contributed by atoms with Crippen molar-refractivity contribution in [2.45, 2.75) is 33.1 Å². The van der Waals surface area contributed by atoms with Gasteiger partial charge in [0.25, 0.3) is 0 Å². The number of hydrogen-bond acceptors (Lipinski definition) is 10. The highest BCUT2D eigenvalue weighted by Crippen LogP contribution is 2.38. The van der Waals surface area contributed by atoms with Crippen LogP contribution in [0.25, 0.3) is 11.0 Å². The first kappa shape index (κ1) is 38.8. The number of anilines is 1. The van der Waals surface area contributed by atoms with Crippen molar-refractivity contribution in [2.24, 2.45) is 5.73 Å². The predicted octanol–water partition coefficient (Wildman–Crippen LogP) is 5.67. The summed E-state index contributed by atoms with van der Waals surface area (Å²) < 4.78 is 76.4. The molecular weight excluding hydrogens is 790 g/mol. The highest BCUT2D eigenvalue weighted by molar-refractivity contribution is 9.10. The number of carbonyl (C=O) groups excluding carboxylic acids is 1. The van der Waals surface area contributed by atoms with Gasteiger partial charge in [-0.3, -0.25) is 15.0 Å². The van der Waals surface area contributed by atoms with E-state index in [1.54, 1.807) is 10.8 Å². The van der Waals surface area contributed by atoms with Crippen molar-refractivity contribution >= 4 is 101 Å². The molecular formula is C27H24BrF4N5O7S4. The standard InChI is InChI=1S/C25H23BrFN5O5S4.C2HF3O2/c1-38-25-20(9-19(40-25)24(28)29)41(36,37)15-7-16(26)23-18(8-15)32(12-30-23)10-13-6-14(2-3-17(13)27)31-21(33)11-39-5-4-22(34)35;3-2(4,5)1(6)7/h2-3,6-9,12H,4-5,10-11H2,1H3,(H3,28,29)(H,31,33)(H,34,35);(H,6,7). The number of nitrogen functional groups attached to an aromatic ring is 1. The Bertz CT molecular complexity index is 1980.